The van der Waals surface area contributed by atoms with Crippen molar-refractivity contribution < 1.29 is 61.7 Å². The lowest BCUT2D eigenvalue weighted by Gasteiger charge is -2.16. The highest BCUT2D eigenvalue weighted by Gasteiger charge is 2.13. The highest BCUT2D eigenvalue weighted by atomic mass is 28.4. The van der Waals surface area contributed by atoms with Gasteiger partial charge < -0.3 is 56.9 Å². The van der Waals surface area contributed by atoms with Gasteiger partial charge in [-0.25, -0.2) is 4.79 Å². The van der Waals surface area contributed by atoms with Crippen LogP contribution in [0, 0.1) is 0 Å². The predicted octanol–water partition coefficient (Wildman–Crippen LogP) is 1.09. The van der Waals surface area contributed by atoms with E-state index in [1.54, 1.807) is 0 Å². The van der Waals surface area contributed by atoms with E-state index in [4.69, 9.17) is 56.9 Å². The Bertz CT molecular complexity index is 509. The highest BCUT2D eigenvalue weighted by Crippen LogP contribution is 2.01. The molecule has 0 unspecified atom stereocenters. The molecule has 13 nitrogen and oxygen atoms in total. The minimum Gasteiger partial charge on any atom is -0.480 e. The van der Waals surface area contributed by atoms with Gasteiger partial charge in [0, 0.05) is 0 Å². The molecule has 0 aliphatic rings. The Labute approximate surface area is 234 Å². The van der Waals surface area contributed by atoms with Gasteiger partial charge in [-0.3, -0.25) is 0 Å². The van der Waals surface area contributed by atoms with E-state index in [1.807, 2.05) is 0 Å². The molecule has 234 valence electrons. The van der Waals surface area contributed by atoms with Crippen molar-refractivity contribution in [3.8, 4) is 0 Å². The quantitative estimate of drug-likeness (QED) is 0.0865. The summed E-state index contributed by atoms with van der Waals surface area (Å²) in [6, 6.07) is 0. The Kier molecular flexibility index (Phi) is 29.6. The van der Waals surface area contributed by atoms with Gasteiger partial charge in [-0.15, -0.1) is 0 Å². The normalized spacial score (nSPS) is 11.9. The van der Waals surface area contributed by atoms with Gasteiger partial charge in [-0.05, 0) is 19.6 Å². The number of ether oxygens (including phenoxy) is 10. The zero-order valence-electron chi connectivity index (χ0n) is 24.2. The van der Waals surface area contributed by atoms with Crippen molar-refractivity contribution in [2.75, 3.05) is 139 Å². The summed E-state index contributed by atoms with van der Waals surface area (Å²) in [4.78, 5) is 10.2. The molecule has 14 heteroatoms. The second-order valence-corrected chi connectivity index (χ2v) is 13.4. The van der Waals surface area contributed by atoms with Gasteiger partial charge in [-0.2, -0.15) is 0 Å². The summed E-state index contributed by atoms with van der Waals surface area (Å²) in [5.41, 5.74) is 0. The number of aliphatic carboxylic acids is 1. The molecule has 0 rings (SSSR count). The van der Waals surface area contributed by atoms with Crippen molar-refractivity contribution in [2.24, 2.45) is 0 Å². The van der Waals surface area contributed by atoms with E-state index in [0.717, 1.165) is 0 Å². The second kappa shape index (κ2) is 30.2. The summed E-state index contributed by atoms with van der Waals surface area (Å²) >= 11 is 0. The minimum absolute atomic E-state index is 0.245. The molecule has 0 bridgehead atoms. The maximum Gasteiger partial charge on any atom is 0.329 e. The standard InChI is InChI=1S/C25H52O13Si/c1-39(2,3)38-23-22-36-19-18-34-15-14-32-11-10-30-7-6-28-4-5-29-8-9-31-12-13-33-16-17-35-20-21-37-24-25(26)27/h4-24H2,1-3H3,(H,26,27). The Hall–Kier alpha value is -0.753. The fraction of sp³-hybridized carbons (Fsp3) is 0.960. The van der Waals surface area contributed by atoms with Crippen molar-refractivity contribution in [3.05, 3.63) is 0 Å². The van der Waals surface area contributed by atoms with E-state index >= 15 is 0 Å². The second-order valence-electron chi connectivity index (χ2n) is 8.92. The molecule has 1 N–H and O–H groups in total. The van der Waals surface area contributed by atoms with Crippen LogP contribution in [0.1, 0.15) is 0 Å². The molecule has 0 aromatic heterocycles. The van der Waals surface area contributed by atoms with Crippen LogP contribution in [0.5, 0.6) is 0 Å². The minimum atomic E-state index is -1.45. The number of carbonyl (C=O) groups is 1. The molecule has 0 amide bonds. The van der Waals surface area contributed by atoms with Gasteiger partial charge in [0.1, 0.15) is 6.61 Å². The fourth-order valence-electron chi connectivity index (χ4n) is 2.55. The Morgan fingerprint density at radius 2 is 0.615 bits per heavy atom. The third-order valence-corrected chi connectivity index (χ3v) is 5.41. The molecule has 0 aliphatic carbocycles. The van der Waals surface area contributed by atoms with Gasteiger partial charge in [0.05, 0.1) is 132 Å². The maximum atomic E-state index is 10.2. The van der Waals surface area contributed by atoms with Crippen LogP contribution < -0.4 is 0 Å². The fourth-order valence-corrected chi connectivity index (χ4v) is 3.24. The Morgan fingerprint density at radius 1 is 0.410 bits per heavy atom. The molecule has 0 spiro atoms. The molecule has 0 aliphatic heterocycles. The average Bonchev–Trinajstić information content (AvgIpc) is 2.88. The molecule has 0 heterocycles. The van der Waals surface area contributed by atoms with Gasteiger partial charge in [0.25, 0.3) is 0 Å². The summed E-state index contributed by atoms with van der Waals surface area (Å²) in [5.74, 6) is -0.994. The van der Waals surface area contributed by atoms with Crippen LogP contribution in [0.15, 0.2) is 0 Å². The van der Waals surface area contributed by atoms with E-state index < -0.39 is 14.3 Å². The first-order chi connectivity index (χ1) is 18.9. The van der Waals surface area contributed by atoms with Crippen LogP contribution in [0.3, 0.4) is 0 Å². The molecule has 0 aromatic carbocycles. The predicted molar refractivity (Wildman–Crippen MR) is 145 cm³/mol. The van der Waals surface area contributed by atoms with Gasteiger partial charge in [-0.1, -0.05) is 0 Å². The number of carboxylic acid groups (broad SMARTS) is 1. The third kappa shape index (κ3) is 37.2. The Balaban J connectivity index is 3.05. The first-order valence-corrected chi connectivity index (χ1v) is 17.0. The van der Waals surface area contributed by atoms with Crippen molar-refractivity contribution in [1.82, 2.24) is 0 Å². The molecule has 0 radical (unpaired) electrons. The molecule has 0 saturated carbocycles. The van der Waals surface area contributed by atoms with Crippen LogP contribution in [-0.2, 0) is 56.6 Å². The van der Waals surface area contributed by atoms with Crippen LogP contribution in [0.4, 0.5) is 0 Å². The van der Waals surface area contributed by atoms with E-state index in [-0.39, 0.29) is 13.2 Å². The molecule has 39 heavy (non-hydrogen) atoms. The summed E-state index contributed by atoms with van der Waals surface area (Å²) in [6.45, 7) is 15.9. The molecule has 0 fully saturated rings. The third-order valence-electron chi connectivity index (χ3n) is 4.34. The number of hydrogen-bond donors (Lipinski definition) is 1. The topological polar surface area (TPSA) is 139 Å². The van der Waals surface area contributed by atoms with Crippen molar-refractivity contribution in [3.63, 3.8) is 0 Å². The average molecular weight is 589 g/mol. The summed E-state index contributed by atoms with van der Waals surface area (Å²) < 4.78 is 59.2. The summed E-state index contributed by atoms with van der Waals surface area (Å²) in [6.07, 6.45) is 0. The van der Waals surface area contributed by atoms with Crippen LogP contribution in [0.25, 0.3) is 0 Å². The van der Waals surface area contributed by atoms with Gasteiger partial charge in [0.15, 0.2) is 8.32 Å². The number of carboxylic acids is 1. The monoisotopic (exact) mass is 588 g/mol. The maximum absolute atomic E-state index is 10.2. The largest absolute Gasteiger partial charge is 0.480 e. The van der Waals surface area contributed by atoms with E-state index in [1.165, 1.54) is 0 Å². The lowest BCUT2D eigenvalue weighted by Crippen LogP contribution is -2.27. The molecule has 0 atom stereocenters. The lowest BCUT2D eigenvalue weighted by molar-refractivity contribution is -0.142. The molecule has 0 saturated heterocycles. The highest BCUT2D eigenvalue weighted by molar-refractivity contribution is 6.69. The van der Waals surface area contributed by atoms with Gasteiger partial charge >= 0.3 is 5.97 Å². The van der Waals surface area contributed by atoms with Crippen molar-refractivity contribution in [2.45, 2.75) is 19.6 Å². The van der Waals surface area contributed by atoms with Crippen LogP contribution >= 0.6 is 0 Å². The zero-order chi connectivity index (χ0) is 28.7. The number of rotatable bonds is 33. The molecular weight excluding hydrogens is 536 g/mol. The summed E-state index contributed by atoms with van der Waals surface area (Å²) in [7, 11) is -1.45. The zero-order valence-corrected chi connectivity index (χ0v) is 25.2. The van der Waals surface area contributed by atoms with Crippen molar-refractivity contribution in [1.29, 1.82) is 0 Å². The van der Waals surface area contributed by atoms with E-state index in [9.17, 15) is 4.79 Å². The van der Waals surface area contributed by atoms with Crippen LogP contribution in [-0.4, -0.2) is 158 Å². The first kappa shape index (κ1) is 38.2. The van der Waals surface area contributed by atoms with Gasteiger partial charge in [0.2, 0.25) is 0 Å². The Morgan fingerprint density at radius 3 is 0.821 bits per heavy atom. The van der Waals surface area contributed by atoms with Crippen LogP contribution in [0.2, 0.25) is 19.6 Å². The van der Waals surface area contributed by atoms with E-state index in [0.29, 0.717) is 126 Å². The van der Waals surface area contributed by atoms with Crippen molar-refractivity contribution >= 4 is 14.3 Å². The first-order valence-electron chi connectivity index (χ1n) is 13.5. The number of hydrogen-bond acceptors (Lipinski definition) is 12. The van der Waals surface area contributed by atoms with E-state index in [2.05, 4.69) is 19.6 Å². The summed E-state index contributed by atoms with van der Waals surface area (Å²) in [5, 5.41) is 8.41. The molecular formula is C25H52O13Si. The smallest absolute Gasteiger partial charge is 0.329 e. The lowest BCUT2D eigenvalue weighted by atomic mass is 10.6. The molecule has 0 aromatic rings. The SMILES string of the molecule is C[Si](C)(C)OCCOCCOCCOCCOCCOCCOCCOCCOCCOCCOCC(=O)O.